The van der Waals surface area contributed by atoms with Gasteiger partial charge in [0.1, 0.15) is 11.3 Å². The van der Waals surface area contributed by atoms with Gasteiger partial charge in [-0.15, -0.1) is 0 Å². The molecule has 0 aliphatic carbocycles. The number of rotatable bonds is 12. The lowest BCUT2D eigenvalue weighted by Gasteiger charge is -2.09. The molecule has 176 valence electrons. The molecule has 0 saturated carbocycles. The second-order valence-corrected chi connectivity index (χ2v) is 8.15. The Hall–Kier alpha value is -3.21. The van der Waals surface area contributed by atoms with E-state index >= 15 is 0 Å². The van der Waals surface area contributed by atoms with Crippen molar-refractivity contribution < 1.29 is 18.6 Å². The highest BCUT2D eigenvalue weighted by Crippen LogP contribution is 2.29. The van der Waals surface area contributed by atoms with Crippen LogP contribution in [0.5, 0.6) is 17.2 Å². The molecule has 0 radical (unpaired) electrons. The van der Waals surface area contributed by atoms with Crippen LogP contribution in [0.2, 0.25) is 0 Å². The van der Waals surface area contributed by atoms with E-state index in [4.69, 9.17) is 18.6 Å². The molecule has 0 aliphatic heterocycles. The lowest BCUT2D eigenvalue weighted by Crippen LogP contribution is -2.06. The summed E-state index contributed by atoms with van der Waals surface area (Å²) in [5.74, 6) is 2.02. The van der Waals surface area contributed by atoms with Crippen molar-refractivity contribution in [3.05, 3.63) is 63.5 Å². The van der Waals surface area contributed by atoms with E-state index in [-0.39, 0.29) is 5.63 Å². The van der Waals surface area contributed by atoms with Crippen molar-refractivity contribution in [2.45, 2.75) is 52.4 Å². The summed E-state index contributed by atoms with van der Waals surface area (Å²) in [6, 6.07) is 11.3. The van der Waals surface area contributed by atoms with Gasteiger partial charge < -0.3 is 18.6 Å². The third-order valence-corrected chi connectivity index (χ3v) is 5.80. The fourth-order valence-electron chi connectivity index (χ4n) is 3.84. The van der Waals surface area contributed by atoms with Gasteiger partial charge in [-0.1, -0.05) is 51.2 Å². The average molecular weight is 451 g/mol. The summed E-state index contributed by atoms with van der Waals surface area (Å²) in [4.78, 5) is 12.7. The first kappa shape index (κ1) is 24.4. The third-order valence-electron chi connectivity index (χ3n) is 5.80. The number of fused-ring (bicyclic) bond motifs is 1. The van der Waals surface area contributed by atoms with E-state index in [9.17, 15) is 4.79 Å². The van der Waals surface area contributed by atoms with Gasteiger partial charge in [-0.3, -0.25) is 0 Å². The molecule has 33 heavy (non-hydrogen) atoms. The predicted molar refractivity (Wildman–Crippen MR) is 135 cm³/mol. The Labute approximate surface area is 196 Å². The second-order valence-electron chi connectivity index (χ2n) is 8.15. The van der Waals surface area contributed by atoms with Gasteiger partial charge in [0.05, 0.1) is 26.4 Å². The van der Waals surface area contributed by atoms with Crippen LogP contribution in [0.1, 0.15) is 62.1 Å². The van der Waals surface area contributed by atoms with E-state index in [0.717, 1.165) is 28.7 Å². The van der Waals surface area contributed by atoms with E-state index in [1.54, 1.807) is 20.3 Å². The molecule has 0 N–H and O–H groups in total. The van der Waals surface area contributed by atoms with Crippen molar-refractivity contribution in [3.63, 3.8) is 0 Å². The normalized spacial score (nSPS) is 11.3. The Balaban J connectivity index is 1.73. The van der Waals surface area contributed by atoms with Gasteiger partial charge in [0.15, 0.2) is 11.5 Å². The average Bonchev–Trinajstić information content (AvgIpc) is 2.83. The maximum Gasteiger partial charge on any atom is 0.343 e. The number of unbranched alkanes of at least 4 members (excludes halogenated alkanes) is 5. The molecule has 0 bridgehead atoms. The highest BCUT2D eigenvalue weighted by molar-refractivity contribution is 5.86. The molecule has 0 atom stereocenters. The Kier molecular flexibility index (Phi) is 8.99. The summed E-state index contributed by atoms with van der Waals surface area (Å²) in [5, 5.41) is 0.897. The van der Waals surface area contributed by atoms with Crippen LogP contribution in [-0.4, -0.2) is 20.8 Å². The number of hydrogen-bond donors (Lipinski definition) is 0. The van der Waals surface area contributed by atoms with Crippen LogP contribution in [0.15, 0.2) is 45.6 Å². The number of aryl methyl sites for hydroxylation is 1. The van der Waals surface area contributed by atoms with Gasteiger partial charge >= 0.3 is 5.63 Å². The van der Waals surface area contributed by atoms with Crippen LogP contribution in [0.4, 0.5) is 0 Å². The van der Waals surface area contributed by atoms with Gasteiger partial charge in [-0.2, -0.15) is 0 Å². The summed E-state index contributed by atoms with van der Waals surface area (Å²) in [6.45, 7) is 4.83. The summed E-state index contributed by atoms with van der Waals surface area (Å²) in [7, 11) is 3.20. The molecule has 1 heterocycles. The maximum absolute atomic E-state index is 12.7. The van der Waals surface area contributed by atoms with Crippen molar-refractivity contribution in [2.24, 2.45) is 0 Å². The SMILES string of the molecule is CCCCCCCCOc1ccc2c(C)c(/C=C/c3ccc(OC)c(OC)c3)c(=O)oc2c1. The van der Waals surface area contributed by atoms with E-state index in [2.05, 4.69) is 6.92 Å². The molecule has 1 aromatic heterocycles. The van der Waals surface area contributed by atoms with E-state index in [0.29, 0.717) is 29.3 Å². The zero-order chi connectivity index (χ0) is 23.6. The fourth-order valence-corrected chi connectivity index (χ4v) is 3.84. The van der Waals surface area contributed by atoms with Crippen LogP contribution in [0.3, 0.4) is 0 Å². The third kappa shape index (κ3) is 6.41. The first-order valence-corrected chi connectivity index (χ1v) is 11.7. The molecule has 5 heteroatoms. The van der Waals surface area contributed by atoms with E-state index < -0.39 is 0 Å². The van der Waals surface area contributed by atoms with Gasteiger partial charge in [0, 0.05) is 11.5 Å². The molecule has 0 saturated heterocycles. The first-order valence-electron chi connectivity index (χ1n) is 11.7. The molecule has 0 spiro atoms. The molecule has 2 aromatic carbocycles. The van der Waals surface area contributed by atoms with E-state index in [1.807, 2.05) is 49.4 Å². The maximum atomic E-state index is 12.7. The minimum absolute atomic E-state index is 0.371. The van der Waals surface area contributed by atoms with Crippen LogP contribution in [-0.2, 0) is 0 Å². The first-order chi connectivity index (χ1) is 16.1. The lowest BCUT2D eigenvalue weighted by molar-refractivity contribution is 0.304. The highest BCUT2D eigenvalue weighted by atomic mass is 16.5. The quantitative estimate of drug-likeness (QED) is 0.219. The van der Waals surface area contributed by atoms with E-state index in [1.165, 1.54) is 32.1 Å². The van der Waals surface area contributed by atoms with Crippen molar-refractivity contribution in [1.29, 1.82) is 0 Å². The predicted octanol–water partition coefficient (Wildman–Crippen LogP) is 7.03. The molecule has 3 aromatic rings. The van der Waals surface area contributed by atoms with Gasteiger partial charge in [0.2, 0.25) is 0 Å². The number of methoxy groups -OCH3 is 2. The van der Waals surface area contributed by atoms with Gasteiger partial charge in [-0.25, -0.2) is 4.79 Å². The zero-order valence-electron chi connectivity index (χ0n) is 20.1. The Morgan fingerprint density at radius 1 is 0.879 bits per heavy atom. The Morgan fingerprint density at radius 2 is 1.64 bits per heavy atom. The molecule has 0 aliphatic rings. The number of ether oxygens (including phenoxy) is 3. The minimum Gasteiger partial charge on any atom is -0.493 e. The topological polar surface area (TPSA) is 57.9 Å². The number of hydrogen-bond acceptors (Lipinski definition) is 5. The fraction of sp³-hybridized carbons (Fsp3) is 0.393. The van der Waals surface area contributed by atoms with Crippen molar-refractivity contribution in [2.75, 3.05) is 20.8 Å². The van der Waals surface area contributed by atoms with Gasteiger partial charge in [-0.05, 0) is 54.8 Å². The van der Waals surface area contributed by atoms with Crippen molar-refractivity contribution in [1.82, 2.24) is 0 Å². The largest absolute Gasteiger partial charge is 0.493 e. The Morgan fingerprint density at radius 3 is 2.39 bits per heavy atom. The smallest absolute Gasteiger partial charge is 0.343 e. The van der Waals surface area contributed by atoms with Crippen LogP contribution >= 0.6 is 0 Å². The number of benzene rings is 2. The molecular formula is C28H34O5. The van der Waals surface area contributed by atoms with Crippen LogP contribution in [0, 0.1) is 6.92 Å². The molecule has 5 nitrogen and oxygen atoms in total. The second kappa shape index (κ2) is 12.1. The highest BCUT2D eigenvalue weighted by Gasteiger charge is 2.11. The van der Waals surface area contributed by atoms with Crippen LogP contribution < -0.4 is 19.8 Å². The molecule has 0 unspecified atom stereocenters. The zero-order valence-corrected chi connectivity index (χ0v) is 20.1. The summed E-state index contributed by atoms with van der Waals surface area (Å²) in [5.41, 5.74) is 2.47. The summed E-state index contributed by atoms with van der Waals surface area (Å²) in [6.07, 6.45) is 11.0. The van der Waals surface area contributed by atoms with Crippen molar-refractivity contribution in [3.8, 4) is 17.2 Å². The molecule has 0 fully saturated rings. The summed E-state index contributed by atoms with van der Waals surface area (Å²) < 4.78 is 22.1. The lowest BCUT2D eigenvalue weighted by atomic mass is 10.0. The van der Waals surface area contributed by atoms with Gasteiger partial charge in [0.25, 0.3) is 0 Å². The Bertz CT molecular complexity index is 1140. The monoisotopic (exact) mass is 450 g/mol. The molecule has 0 amide bonds. The van der Waals surface area contributed by atoms with Crippen LogP contribution in [0.25, 0.3) is 23.1 Å². The summed E-state index contributed by atoms with van der Waals surface area (Å²) >= 11 is 0. The standard InChI is InChI=1S/C28H34O5/c1-5-6-7-8-9-10-17-32-22-13-15-23-20(2)24(28(29)33-26(23)19-22)14-11-21-12-16-25(30-3)27(18-21)31-4/h11-16,18-19H,5-10,17H2,1-4H3/b14-11+. The molecule has 3 rings (SSSR count). The minimum atomic E-state index is -0.371. The van der Waals surface area contributed by atoms with Crippen molar-refractivity contribution >= 4 is 23.1 Å². The molecular weight excluding hydrogens is 416 g/mol.